The van der Waals surface area contributed by atoms with Crippen molar-refractivity contribution in [3.8, 4) is 0 Å². The second-order valence-electron chi connectivity index (χ2n) is 3.58. The van der Waals surface area contributed by atoms with Gasteiger partial charge in [-0.2, -0.15) is 4.31 Å². The Balaban J connectivity index is 2.95. The molecule has 0 aliphatic heterocycles. The van der Waals surface area contributed by atoms with E-state index in [9.17, 15) is 12.8 Å². The summed E-state index contributed by atoms with van der Waals surface area (Å²) in [6.45, 7) is -0.793. The van der Waals surface area contributed by atoms with Crippen molar-refractivity contribution < 1.29 is 23.0 Å². The number of benzene rings is 1. The molecule has 0 spiro atoms. The molecule has 0 saturated heterocycles. The zero-order valence-corrected chi connectivity index (χ0v) is 10.1. The molecule has 1 aromatic rings. The van der Waals surface area contributed by atoms with Crippen molar-refractivity contribution in [2.45, 2.75) is 11.0 Å². The lowest BCUT2D eigenvalue weighted by Gasteiger charge is -2.19. The van der Waals surface area contributed by atoms with Crippen LogP contribution in [0.4, 0.5) is 4.39 Å². The average molecular weight is 263 g/mol. The molecule has 0 heterocycles. The third-order valence-electron chi connectivity index (χ3n) is 2.18. The minimum atomic E-state index is -3.84. The number of aliphatic hydroxyl groups is 2. The average Bonchev–Trinajstić information content (AvgIpc) is 2.28. The lowest BCUT2D eigenvalue weighted by atomic mass is 10.4. The number of rotatable bonds is 5. The summed E-state index contributed by atoms with van der Waals surface area (Å²) in [5.41, 5.74) is 0. The van der Waals surface area contributed by atoms with Crippen LogP contribution in [-0.2, 0) is 10.0 Å². The summed E-state index contributed by atoms with van der Waals surface area (Å²) < 4.78 is 37.6. The minimum Gasteiger partial charge on any atom is -0.394 e. The highest BCUT2D eigenvalue weighted by Gasteiger charge is 2.23. The summed E-state index contributed by atoms with van der Waals surface area (Å²) in [6.07, 6.45) is -1.16. The molecule has 17 heavy (non-hydrogen) atoms. The highest BCUT2D eigenvalue weighted by Crippen LogP contribution is 2.15. The largest absolute Gasteiger partial charge is 0.394 e. The summed E-state index contributed by atoms with van der Waals surface area (Å²) in [4.78, 5) is -0.190. The van der Waals surface area contributed by atoms with Crippen molar-refractivity contribution in [2.75, 3.05) is 20.2 Å². The Morgan fingerprint density at radius 1 is 1.47 bits per heavy atom. The van der Waals surface area contributed by atoms with Gasteiger partial charge in [0.1, 0.15) is 5.82 Å². The summed E-state index contributed by atoms with van der Waals surface area (Å²) in [5.74, 6) is -0.651. The van der Waals surface area contributed by atoms with Crippen LogP contribution in [0.2, 0.25) is 0 Å². The predicted octanol–water partition coefficient (Wildman–Crippen LogP) is -0.201. The number of hydrogen-bond acceptors (Lipinski definition) is 4. The summed E-state index contributed by atoms with van der Waals surface area (Å²) in [6, 6.07) is 4.59. The third-order valence-corrected chi connectivity index (χ3v) is 4.00. The smallest absolute Gasteiger partial charge is 0.243 e. The van der Waals surface area contributed by atoms with Crippen LogP contribution in [-0.4, -0.2) is 49.2 Å². The van der Waals surface area contributed by atoms with Gasteiger partial charge in [-0.05, 0) is 18.2 Å². The first-order valence-corrected chi connectivity index (χ1v) is 6.32. The molecule has 0 aromatic heterocycles. The van der Waals surface area contributed by atoms with Gasteiger partial charge in [0.25, 0.3) is 0 Å². The van der Waals surface area contributed by atoms with E-state index in [-0.39, 0.29) is 11.4 Å². The molecule has 96 valence electrons. The van der Waals surface area contributed by atoms with Crippen LogP contribution in [0.5, 0.6) is 0 Å². The van der Waals surface area contributed by atoms with Gasteiger partial charge in [-0.3, -0.25) is 0 Å². The topological polar surface area (TPSA) is 77.8 Å². The Morgan fingerprint density at radius 3 is 2.65 bits per heavy atom. The van der Waals surface area contributed by atoms with Crippen molar-refractivity contribution in [1.82, 2.24) is 4.31 Å². The van der Waals surface area contributed by atoms with Crippen LogP contribution in [0, 0.1) is 5.82 Å². The van der Waals surface area contributed by atoms with E-state index in [1.54, 1.807) is 0 Å². The first-order valence-electron chi connectivity index (χ1n) is 4.88. The monoisotopic (exact) mass is 263 g/mol. The van der Waals surface area contributed by atoms with Crippen molar-refractivity contribution in [3.05, 3.63) is 30.1 Å². The Hall–Kier alpha value is -1.02. The predicted molar refractivity (Wildman–Crippen MR) is 59.3 cm³/mol. The molecule has 0 aliphatic carbocycles. The third kappa shape index (κ3) is 3.47. The van der Waals surface area contributed by atoms with Gasteiger partial charge in [0.15, 0.2) is 0 Å². The van der Waals surface area contributed by atoms with Gasteiger partial charge in [-0.1, -0.05) is 6.07 Å². The molecule has 0 aliphatic rings. The maximum atomic E-state index is 12.9. The van der Waals surface area contributed by atoms with Crippen LogP contribution in [0.15, 0.2) is 29.2 Å². The van der Waals surface area contributed by atoms with Gasteiger partial charge < -0.3 is 10.2 Å². The molecule has 0 fully saturated rings. The molecule has 7 heteroatoms. The van der Waals surface area contributed by atoms with E-state index in [0.29, 0.717) is 0 Å². The quantitative estimate of drug-likeness (QED) is 0.771. The number of hydrogen-bond donors (Lipinski definition) is 2. The molecule has 0 amide bonds. The fraction of sp³-hybridized carbons (Fsp3) is 0.400. The number of aliphatic hydroxyl groups excluding tert-OH is 2. The van der Waals surface area contributed by atoms with E-state index in [4.69, 9.17) is 10.2 Å². The van der Waals surface area contributed by atoms with Gasteiger partial charge in [0, 0.05) is 13.6 Å². The molecule has 0 saturated carbocycles. The summed E-state index contributed by atoms with van der Waals surface area (Å²) in [5, 5.41) is 17.8. The van der Waals surface area contributed by atoms with Gasteiger partial charge in [0.2, 0.25) is 10.0 Å². The Kier molecular flexibility index (Phi) is 4.58. The van der Waals surface area contributed by atoms with Crippen molar-refractivity contribution in [1.29, 1.82) is 0 Å². The lowest BCUT2D eigenvalue weighted by Crippen LogP contribution is -2.35. The molecule has 5 nitrogen and oxygen atoms in total. The van der Waals surface area contributed by atoms with E-state index >= 15 is 0 Å². The highest BCUT2D eigenvalue weighted by atomic mass is 32.2. The van der Waals surface area contributed by atoms with Crippen molar-refractivity contribution in [3.63, 3.8) is 0 Å². The number of likely N-dealkylation sites (N-methyl/N-ethyl adjacent to an activating group) is 1. The second-order valence-corrected chi connectivity index (χ2v) is 5.62. The van der Waals surface area contributed by atoms with E-state index in [1.807, 2.05) is 0 Å². The standard InChI is InChI=1S/C10H14FNO4S/c1-12(6-9(14)7-13)17(15,16)10-4-2-3-8(11)5-10/h2-5,9,13-14H,6-7H2,1H3. The maximum Gasteiger partial charge on any atom is 0.243 e. The van der Waals surface area contributed by atoms with Crippen LogP contribution in [0.3, 0.4) is 0 Å². The van der Waals surface area contributed by atoms with E-state index in [1.165, 1.54) is 19.2 Å². The molecule has 0 radical (unpaired) electrons. The number of halogens is 1. The fourth-order valence-electron chi connectivity index (χ4n) is 1.26. The molecule has 2 N–H and O–H groups in total. The molecule has 1 atom stereocenters. The fourth-order valence-corrected chi connectivity index (χ4v) is 2.50. The van der Waals surface area contributed by atoms with Crippen LogP contribution in [0.1, 0.15) is 0 Å². The normalized spacial score (nSPS) is 13.9. The molecule has 1 unspecified atom stereocenters. The lowest BCUT2D eigenvalue weighted by molar-refractivity contribution is 0.0826. The maximum absolute atomic E-state index is 12.9. The van der Waals surface area contributed by atoms with Crippen LogP contribution in [0.25, 0.3) is 0 Å². The van der Waals surface area contributed by atoms with Gasteiger partial charge >= 0.3 is 0 Å². The Bertz CT molecular complexity index is 477. The molecular weight excluding hydrogens is 249 g/mol. The molecule has 1 rings (SSSR count). The molecule has 1 aromatic carbocycles. The zero-order valence-electron chi connectivity index (χ0n) is 9.25. The summed E-state index contributed by atoms with van der Waals surface area (Å²) >= 11 is 0. The van der Waals surface area contributed by atoms with Crippen LogP contribution < -0.4 is 0 Å². The van der Waals surface area contributed by atoms with E-state index in [2.05, 4.69) is 0 Å². The summed E-state index contributed by atoms with van der Waals surface area (Å²) in [7, 11) is -2.60. The van der Waals surface area contributed by atoms with Gasteiger partial charge in [-0.15, -0.1) is 0 Å². The van der Waals surface area contributed by atoms with Crippen molar-refractivity contribution in [2.24, 2.45) is 0 Å². The van der Waals surface area contributed by atoms with E-state index < -0.39 is 28.6 Å². The number of nitrogens with zero attached hydrogens (tertiary/aromatic N) is 1. The zero-order chi connectivity index (χ0) is 13.1. The number of sulfonamides is 1. The molecular formula is C10H14FNO4S. The first-order chi connectivity index (χ1) is 7.87. The molecule has 0 bridgehead atoms. The second kappa shape index (κ2) is 5.54. The Morgan fingerprint density at radius 2 is 2.12 bits per heavy atom. The SMILES string of the molecule is CN(CC(O)CO)S(=O)(=O)c1cccc(F)c1. The first kappa shape index (κ1) is 14.0. The highest BCUT2D eigenvalue weighted by molar-refractivity contribution is 7.89. The Labute approximate surface area is 99.2 Å². The minimum absolute atomic E-state index is 0.190. The van der Waals surface area contributed by atoms with Gasteiger partial charge in [-0.25, -0.2) is 12.8 Å². The van der Waals surface area contributed by atoms with E-state index in [0.717, 1.165) is 16.4 Å². The van der Waals surface area contributed by atoms with Crippen molar-refractivity contribution >= 4 is 10.0 Å². The van der Waals surface area contributed by atoms with Gasteiger partial charge in [0.05, 0.1) is 17.6 Å². The van der Waals surface area contributed by atoms with Crippen LogP contribution >= 0.6 is 0 Å².